The Hall–Kier alpha value is -1.06. The third-order valence-electron chi connectivity index (χ3n) is 1.70. The number of hydrogen-bond donors (Lipinski definition) is 1. The minimum Gasteiger partial charge on any atom is -0.733 e. The fourth-order valence-electron chi connectivity index (χ4n) is 1.08. The van der Waals surface area contributed by atoms with Crippen LogP contribution in [0.3, 0.4) is 0 Å². The van der Waals surface area contributed by atoms with E-state index in [1.807, 2.05) is 12.1 Å². The zero-order valence-electron chi connectivity index (χ0n) is 7.03. The molecule has 0 radical (unpaired) electrons. The predicted octanol–water partition coefficient (Wildman–Crippen LogP) is 2.33. The van der Waals surface area contributed by atoms with E-state index in [2.05, 4.69) is 6.92 Å². The molecule has 3 nitrogen and oxygen atoms in total. The molecule has 0 fully saturated rings. The summed E-state index contributed by atoms with van der Waals surface area (Å²) < 4.78 is 0. The third-order valence-corrected chi connectivity index (χ3v) is 1.70. The van der Waals surface area contributed by atoms with Crippen molar-refractivity contribution in [2.75, 3.05) is 5.23 Å². The minimum absolute atomic E-state index is 0.129. The van der Waals surface area contributed by atoms with Gasteiger partial charge in [0.25, 0.3) is 0 Å². The Bertz CT molecular complexity index is 231. The number of benzene rings is 1. The van der Waals surface area contributed by atoms with Gasteiger partial charge in [0.15, 0.2) is 0 Å². The second-order valence-corrected chi connectivity index (χ2v) is 2.69. The van der Waals surface area contributed by atoms with Gasteiger partial charge in [-0.1, -0.05) is 25.5 Å². The van der Waals surface area contributed by atoms with Gasteiger partial charge in [-0.25, -0.2) is 0 Å². The van der Waals surface area contributed by atoms with Gasteiger partial charge in [0.05, 0.1) is 5.69 Å². The second-order valence-electron chi connectivity index (χ2n) is 2.69. The van der Waals surface area contributed by atoms with Crippen molar-refractivity contribution in [1.82, 2.24) is 0 Å². The highest BCUT2D eigenvalue weighted by atomic mass is 16.8. The van der Waals surface area contributed by atoms with Gasteiger partial charge in [0.2, 0.25) is 0 Å². The highest BCUT2D eigenvalue weighted by Crippen LogP contribution is 2.13. The maximum atomic E-state index is 10.4. The summed E-state index contributed by atoms with van der Waals surface area (Å²) in [5.41, 5.74) is 1.46. The van der Waals surface area contributed by atoms with E-state index in [-0.39, 0.29) is 10.9 Å². The molecular formula is C9H12NO2-. The van der Waals surface area contributed by atoms with Crippen LogP contribution in [0.1, 0.15) is 18.9 Å². The number of nitrogens with zero attached hydrogens (tertiary/aromatic N) is 1. The quantitative estimate of drug-likeness (QED) is 0.701. The number of aryl methyl sites for hydroxylation is 1. The van der Waals surface area contributed by atoms with E-state index < -0.39 is 0 Å². The Balaban J connectivity index is 2.71. The molecule has 0 aliphatic rings. The summed E-state index contributed by atoms with van der Waals surface area (Å²) in [4.78, 5) is 0. The first kappa shape index (κ1) is 9.03. The van der Waals surface area contributed by atoms with E-state index in [1.165, 1.54) is 5.56 Å². The number of anilines is 1. The van der Waals surface area contributed by atoms with Crippen LogP contribution in [0.5, 0.6) is 0 Å². The van der Waals surface area contributed by atoms with Crippen LogP contribution in [-0.4, -0.2) is 5.21 Å². The molecule has 1 aromatic rings. The zero-order chi connectivity index (χ0) is 8.97. The van der Waals surface area contributed by atoms with Crippen LogP contribution in [0, 0.1) is 5.21 Å². The minimum atomic E-state index is -0.129. The molecule has 0 saturated heterocycles. The fourth-order valence-corrected chi connectivity index (χ4v) is 1.08. The number of rotatable bonds is 3. The van der Waals surface area contributed by atoms with E-state index in [4.69, 9.17) is 5.21 Å². The highest BCUT2D eigenvalue weighted by Gasteiger charge is 1.92. The van der Waals surface area contributed by atoms with Crippen LogP contribution in [0.4, 0.5) is 5.69 Å². The summed E-state index contributed by atoms with van der Waals surface area (Å²) in [6.45, 7) is 2.10. The van der Waals surface area contributed by atoms with Gasteiger partial charge in [-0.2, -0.15) is 0 Å². The van der Waals surface area contributed by atoms with Crippen molar-refractivity contribution in [2.45, 2.75) is 19.8 Å². The molecule has 0 atom stereocenters. The van der Waals surface area contributed by atoms with Crippen LogP contribution in [0.25, 0.3) is 0 Å². The molecule has 1 rings (SSSR count). The monoisotopic (exact) mass is 166 g/mol. The van der Waals surface area contributed by atoms with E-state index >= 15 is 0 Å². The fraction of sp³-hybridized carbons (Fsp3) is 0.333. The Morgan fingerprint density at radius 1 is 1.33 bits per heavy atom. The molecule has 0 aliphatic heterocycles. The Kier molecular flexibility index (Phi) is 3.08. The second kappa shape index (κ2) is 4.09. The molecular weight excluding hydrogens is 154 g/mol. The van der Waals surface area contributed by atoms with Crippen molar-refractivity contribution in [3.63, 3.8) is 0 Å². The first-order valence-electron chi connectivity index (χ1n) is 3.99. The maximum absolute atomic E-state index is 10.4. The van der Waals surface area contributed by atoms with Crippen molar-refractivity contribution in [1.29, 1.82) is 0 Å². The molecule has 0 heterocycles. The smallest absolute Gasteiger partial charge is 0.0508 e. The van der Waals surface area contributed by atoms with Gasteiger partial charge in [-0.15, -0.1) is 0 Å². The highest BCUT2D eigenvalue weighted by molar-refractivity contribution is 5.45. The maximum Gasteiger partial charge on any atom is 0.0508 e. The molecule has 3 heteroatoms. The first-order valence-corrected chi connectivity index (χ1v) is 3.99. The van der Waals surface area contributed by atoms with Crippen LogP contribution >= 0.6 is 0 Å². The molecule has 0 aliphatic carbocycles. The molecule has 0 bridgehead atoms. The molecule has 1 N–H and O–H groups in total. The lowest BCUT2D eigenvalue weighted by molar-refractivity contribution is 0.296. The van der Waals surface area contributed by atoms with Gasteiger partial charge >= 0.3 is 0 Å². The molecule has 1 aromatic carbocycles. The predicted molar refractivity (Wildman–Crippen MR) is 48.1 cm³/mol. The molecule has 0 spiro atoms. The average molecular weight is 166 g/mol. The van der Waals surface area contributed by atoms with E-state index in [9.17, 15) is 5.21 Å². The van der Waals surface area contributed by atoms with Gasteiger partial charge < -0.3 is 10.4 Å². The first-order chi connectivity index (χ1) is 5.74. The Labute approximate surface area is 71.8 Å². The van der Waals surface area contributed by atoms with Crippen molar-refractivity contribution < 1.29 is 5.21 Å². The Morgan fingerprint density at radius 2 is 1.92 bits per heavy atom. The third kappa shape index (κ3) is 2.22. The van der Waals surface area contributed by atoms with E-state index in [1.54, 1.807) is 12.1 Å². The lowest BCUT2D eigenvalue weighted by Crippen LogP contribution is -2.06. The van der Waals surface area contributed by atoms with Crippen molar-refractivity contribution >= 4 is 5.69 Å². The molecule has 0 unspecified atom stereocenters. The zero-order valence-corrected chi connectivity index (χ0v) is 7.03. The summed E-state index contributed by atoms with van der Waals surface area (Å²) >= 11 is 0. The SMILES string of the molecule is CCCc1ccc(N([O-])O)cc1. The summed E-state index contributed by atoms with van der Waals surface area (Å²) in [5.74, 6) is 0. The van der Waals surface area contributed by atoms with Crippen LogP contribution < -0.4 is 5.23 Å². The van der Waals surface area contributed by atoms with E-state index in [0.717, 1.165) is 12.8 Å². The average Bonchev–Trinajstić information content (AvgIpc) is 2.06. The van der Waals surface area contributed by atoms with Gasteiger partial charge in [-0.05, 0) is 24.1 Å². The lowest BCUT2D eigenvalue weighted by Gasteiger charge is -2.21. The largest absolute Gasteiger partial charge is 0.733 e. The number of hydrogen-bond acceptors (Lipinski definition) is 3. The normalized spacial score (nSPS) is 9.92. The Morgan fingerprint density at radius 3 is 2.33 bits per heavy atom. The van der Waals surface area contributed by atoms with E-state index in [0.29, 0.717) is 0 Å². The van der Waals surface area contributed by atoms with Crippen LogP contribution in [0.2, 0.25) is 0 Å². The van der Waals surface area contributed by atoms with Gasteiger partial charge in [0.1, 0.15) is 0 Å². The standard InChI is InChI=1S/C9H12NO2/c1-2-3-8-4-6-9(7-5-8)10(11)12/h4-7,11H,2-3H2,1H3/q-1. The molecule has 0 amide bonds. The summed E-state index contributed by atoms with van der Waals surface area (Å²) in [6.07, 6.45) is 2.09. The molecule has 0 aromatic heterocycles. The summed E-state index contributed by atoms with van der Waals surface area (Å²) in [7, 11) is 0. The van der Waals surface area contributed by atoms with Crippen LogP contribution in [0.15, 0.2) is 24.3 Å². The van der Waals surface area contributed by atoms with Crippen molar-refractivity contribution in [3.05, 3.63) is 35.0 Å². The molecule has 66 valence electrons. The van der Waals surface area contributed by atoms with Crippen molar-refractivity contribution in [3.8, 4) is 0 Å². The van der Waals surface area contributed by atoms with Crippen LogP contribution in [-0.2, 0) is 6.42 Å². The summed E-state index contributed by atoms with van der Waals surface area (Å²) in [6, 6.07) is 6.91. The molecule has 12 heavy (non-hydrogen) atoms. The topological polar surface area (TPSA) is 46.5 Å². The lowest BCUT2D eigenvalue weighted by atomic mass is 10.1. The molecule has 0 saturated carbocycles. The van der Waals surface area contributed by atoms with Gasteiger partial charge in [-0.3, -0.25) is 5.21 Å². The van der Waals surface area contributed by atoms with Gasteiger partial charge in [0, 0.05) is 0 Å². The summed E-state index contributed by atoms with van der Waals surface area (Å²) in [5, 5.41) is 18.8. The van der Waals surface area contributed by atoms with Crippen molar-refractivity contribution in [2.24, 2.45) is 0 Å².